The van der Waals surface area contributed by atoms with Gasteiger partial charge in [-0.3, -0.25) is 4.79 Å². The Balaban J connectivity index is 2.13. The van der Waals surface area contributed by atoms with Gasteiger partial charge in [0.15, 0.2) is 6.39 Å². The van der Waals surface area contributed by atoms with Gasteiger partial charge in [0.1, 0.15) is 0 Å². The molecule has 1 N–H and O–H groups in total. The smallest absolute Gasteiger partial charge is 0.291 e. The Kier molecular flexibility index (Phi) is 2.25. The van der Waals surface area contributed by atoms with Gasteiger partial charge in [0, 0.05) is 13.1 Å². The van der Waals surface area contributed by atoms with Gasteiger partial charge in [-0.2, -0.15) is 0 Å². The standard InChI is InChI=1S/C9H12N2O3/c1-6-8(14-5-10-6)9(13)11-3-2-7(12)4-11/h5,7,12H,2-4H2,1H3. The molecule has 1 aliphatic rings. The van der Waals surface area contributed by atoms with Crippen molar-refractivity contribution in [2.45, 2.75) is 19.4 Å². The van der Waals surface area contributed by atoms with Crippen LogP contribution in [0.15, 0.2) is 10.8 Å². The van der Waals surface area contributed by atoms with Gasteiger partial charge in [0.25, 0.3) is 5.91 Å². The number of carbonyl (C=O) groups is 1. The van der Waals surface area contributed by atoms with E-state index in [-0.39, 0.29) is 11.7 Å². The van der Waals surface area contributed by atoms with E-state index < -0.39 is 6.10 Å². The summed E-state index contributed by atoms with van der Waals surface area (Å²) in [5, 5.41) is 9.28. The second kappa shape index (κ2) is 3.42. The van der Waals surface area contributed by atoms with Crippen LogP contribution < -0.4 is 0 Å². The number of oxazole rings is 1. The van der Waals surface area contributed by atoms with Gasteiger partial charge >= 0.3 is 0 Å². The molecule has 2 rings (SSSR count). The number of carbonyl (C=O) groups excluding carboxylic acids is 1. The maximum absolute atomic E-state index is 11.8. The molecule has 14 heavy (non-hydrogen) atoms. The van der Waals surface area contributed by atoms with Crippen LogP contribution in [0, 0.1) is 6.92 Å². The molecule has 0 aliphatic carbocycles. The van der Waals surface area contributed by atoms with Crippen LogP contribution in [-0.2, 0) is 0 Å². The molecule has 1 atom stereocenters. The molecule has 1 unspecified atom stereocenters. The van der Waals surface area contributed by atoms with E-state index in [1.54, 1.807) is 11.8 Å². The number of aryl methyl sites for hydroxylation is 1. The van der Waals surface area contributed by atoms with Crippen LogP contribution in [0.2, 0.25) is 0 Å². The third-order valence-electron chi connectivity index (χ3n) is 2.39. The Labute approximate surface area is 81.3 Å². The number of nitrogens with zero attached hydrogens (tertiary/aromatic N) is 2. The van der Waals surface area contributed by atoms with Crippen LogP contribution in [0.3, 0.4) is 0 Å². The average Bonchev–Trinajstić information content (AvgIpc) is 2.73. The Morgan fingerprint density at radius 1 is 1.79 bits per heavy atom. The summed E-state index contributed by atoms with van der Waals surface area (Å²) in [6.07, 6.45) is 1.50. The molecule has 76 valence electrons. The fourth-order valence-electron chi connectivity index (χ4n) is 1.58. The fourth-order valence-corrected chi connectivity index (χ4v) is 1.58. The lowest BCUT2D eigenvalue weighted by molar-refractivity contribution is 0.0733. The maximum Gasteiger partial charge on any atom is 0.291 e. The third-order valence-corrected chi connectivity index (χ3v) is 2.39. The quantitative estimate of drug-likeness (QED) is 0.696. The van der Waals surface area contributed by atoms with Crippen molar-refractivity contribution >= 4 is 5.91 Å². The first-order valence-corrected chi connectivity index (χ1v) is 4.56. The van der Waals surface area contributed by atoms with Gasteiger partial charge in [0.2, 0.25) is 5.76 Å². The summed E-state index contributed by atoms with van der Waals surface area (Å²) < 4.78 is 4.99. The summed E-state index contributed by atoms with van der Waals surface area (Å²) in [5.74, 6) is 0.0932. The van der Waals surface area contributed by atoms with Crippen molar-refractivity contribution < 1.29 is 14.3 Å². The van der Waals surface area contributed by atoms with Crippen molar-refractivity contribution in [1.82, 2.24) is 9.88 Å². The minimum atomic E-state index is -0.401. The van der Waals surface area contributed by atoms with Gasteiger partial charge in [-0.25, -0.2) is 4.98 Å². The second-order valence-corrected chi connectivity index (χ2v) is 3.46. The third kappa shape index (κ3) is 1.50. The maximum atomic E-state index is 11.8. The molecule has 1 fully saturated rings. The minimum Gasteiger partial charge on any atom is -0.438 e. The second-order valence-electron chi connectivity index (χ2n) is 3.46. The first-order valence-electron chi connectivity index (χ1n) is 4.56. The van der Waals surface area contributed by atoms with Crippen LogP contribution in [0.5, 0.6) is 0 Å². The van der Waals surface area contributed by atoms with E-state index in [4.69, 9.17) is 4.42 Å². The molecule has 5 heteroatoms. The molecule has 0 spiro atoms. The number of aromatic nitrogens is 1. The summed E-state index contributed by atoms with van der Waals surface area (Å²) in [6, 6.07) is 0. The van der Waals surface area contributed by atoms with Gasteiger partial charge in [0.05, 0.1) is 11.8 Å². The summed E-state index contributed by atoms with van der Waals surface area (Å²) in [4.78, 5) is 17.2. The van der Waals surface area contributed by atoms with Crippen molar-refractivity contribution in [1.29, 1.82) is 0 Å². The topological polar surface area (TPSA) is 66.6 Å². The van der Waals surface area contributed by atoms with E-state index in [2.05, 4.69) is 4.98 Å². The summed E-state index contributed by atoms with van der Waals surface area (Å²) >= 11 is 0. The zero-order chi connectivity index (χ0) is 10.1. The summed E-state index contributed by atoms with van der Waals surface area (Å²) in [5.41, 5.74) is 0.594. The molecule has 5 nitrogen and oxygen atoms in total. The number of hydrogen-bond acceptors (Lipinski definition) is 4. The molecule has 1 aromatic heterocycles. The number of amides is 1. The molecule has 0 bridgehead atoms. The zero-order valence-electron chi connectivity index (χ0n) is 7.93. The van der Waals surface area contributed by atoms with E-state index in [1.807, 2.05) is 0 Å². The molecule has 1 aromatic rings. The van der Waals surface area contributed by atoms with Crippen LogP contribution in [0.1, 0.15) is 22.7 Å². The highest BCUT2D eigenvalue weighted by atomic mass is 16.4. The van der Waals surface area contributed by atoms with E-state index in [1.165, 1.54) is 6.39 Å². The van der Waals surface area contributed by atoms with Crippen molar-refractivity contribution in [3.05, 3.63) is 17.8 Å². The van der Waals surface area contributed by atoms with E-state index >= 15 is 0 Å². The number of rotatable bonds is 1. The van der Waals surface area contributed by atoms with Crippen molar-refractivity contribution in [2.24, 2.45) is 0 Å². The lowest BCUT2D eigenvalue weighted by Crippen LogP contribution is -2.29. The molecular weight excluding hydrogens is 184 g/mol. The van der Waals surface area contributed by atoms with Gasteiger partial charge < -0.3 is 14.4 Å². The SMILES string of the molecule is Cc1ncoc1C(=O)N1CCC(O)C1. The first kappa shape index (κ1) is 9.21. The predicted molar refractivity (Wildman–Crippen MR) is 47.8 cm³/mol. The van der Waals surface area contributed by atoms with E-state index in [9.17, 15) is 9.90 Å². The van der Waals surface area contributed by atoms with Crippen molar-refractivity contribution in [2.75, 3.05) is 13.1 Å². The first-order chi connectivity index (χ1) is 6.68. The Hall–Kier alpha value is -1.36. The minimum absolute atomic E-state index is 0.184. The van der Waals surface area contributed by atoms with Gasteiger partial charge in [-0.05, 0) is 13.3 Å². The van der Waals surface area contributed by atoms with Gasteiger partial charge in [-0.15, -0.1) is 0 Å². The van der Waals surface area contributed by atoms with Crippen LogP contribution in [0.4, 0.5) is 0 Å². The molecule has 1 aliphatic heterocycles. The average molecular weight is 196 g/mol. The van der Waals surface area contributed by atoms with Crippen molar-refractivity contribution in [3.8, 4) is 0 Å². The molecule has 2 heterocycles. The van der Waals surface area contributed by atoms with Gasteiger partial charge in [-0.1, -0.05) is 0 Å². The van der Waals surface area contributed by atoms with E-state index in [0.29, 0.717) is 25.2 Å². The molecule has 1 amide bonds. The molecule has 0 radical (unpaired) electrons. The van der Waals surface area contributed by atoms with Crippen LogP contribution in [0.25, 0.3) is 0 Å². The summed E-state index contributed by atoms with van der Waals surface area (Å²) in [6.45, 7) is 2.70. The Morgan fingerprint density at radius 3 is 3.07 bits per heavy atom. The van der Waals surface area contributed by atoms with E-state index in [0.717, 1.165) is 0 Å². The number of hydrogen-bond donors (Lipinski definition) is 1. The number of aliphatic hydroxyl groups is 1. The molecule has 1 saturated heterocycles. The van der Waals surface area contributed by atoms with Crippen LogP contribution >= 0.6 is 0 Å². The molecule has 0 aromatic carbocycles. The van der Waals surface area contributed by atoms with Crippen LogP contribution in [-0.4, -0.2) is 40.1 Å². The largest absolute Gasteiger partial charge is 0.438 e. The number of likely N-dealkylation sites (tertiary alicyclic amines) is 1. The fraction of sp³-hybridized carbons (Fsp3) is 0.556. The zero-order valence-corrected chi connectivity index (χ0v) is 7.93. The normalized spacial score (nSPS) is 21.6. The lowest BCUT2D eigenvalue weighted by Gasteiger charge is -2.13. The number of β-amino-alcohol motifs (C(OH)–C–C–N with tert-alkyl or cyclic N) is 1. The highest BCUT2D eigenvalue weighted by molar-refractivity contribution is 5.92. The Bertz CT molecular complexity index is 348. The highest BCUT2D eigenvalue weighted by Gasteiger charge is 2.28. The lowest BCUT2D eigenvalue weighted by atomic mass is 10.3. The number of aliphatic hydroxyl groups excluding tert-OH is 1. The summed E-state index contributed by atoms with van der Waals surface area (Å²) in [7, 11) is 0. The molecule has 0 saturated carbocycles. The van der Waals surface area contributed by atoms with Crippen molar-refractivity contribution in [3.63, 3.8) is 0 Å². The highest BCUT2D eigenvalue weighted by Crippen LogP contribution is 2.15. The Morgan fingerprint density at radius 2 is 2.57 bits per heavy atom. The monoisotopic (exact) mass is 196 g/mol. The predicted octanol–water partition coefficient (Wildman–Crippen LogP) is 0.190. The molecular formula is C9H12N2O3.